The first-order valence-electron chi connectivity index (χ1n) is 9.07. The van der Waals surface area contributed by atoms with Crippen molar-refractivity contribution in [1.82, 2.24) is 0 Å². The molecule has 0 radical (unpaired) electrons. The SMILES string of the molecule is Cc1ccc(C)c(OCCCC(C)(C)C(=O)Nc2cc(N)ccc2C)c1. The van der Waals surface area contributed by atoms with Crippen LogP contribution >= 0.6 is 0 Å². The zero-order valence-corrected chi connectivity index (χ0v) is 16.5. The maximum atomic E-state index is 12.7. The molecule has 4 nitrogen and oxygen atoms in total. The van der Waals surface area contributed by atoms with Gasteiger partial charge in [-0.05, 0) is 68.5 Å². The van der Waals surface area contributed by atoms with Crippen LogP contribution in [0.4, 0.5) is 11.4 Å². The van der Waals surface area contributed by atoms with Crippen molar-refractivity contribution < 1.29 is 9.53 Å². The third kappa shape index (κ3) is 5.25. The van der Waals surface area contributed by atoms with Gasteiger partial charge in [0.25, 0.3) is 0 Å². The summed E-state index contributed by atoms with van der Waals surface area (Å²) in [6.07, 6.45) is 1.55. The summed E-state index contributed by atoms with van der Waals surface area (Å²) < 4.78 is 5.90. The fourth-order valence-corrected chi connectivity index (χ4v) is 2.74. The van der Waals surface area contributed by atoms with E-state index in [4.69, 9.17) is 10.5 Å². The fraction of sp³-hybridized carbons (Fsp3) is 0.409. The van der Waals surface area contributed by atoms with Crippen LogP contribution < -0.4 is 15.8 Å². The molecule has 0 aliphatic heterocycles. The second-order valence-electron chi connectivity index (χ2n) is 7.63. The quantitative estimate of drug-likeness (QED) is 0.542. The standard InChI is InChI=1S/C22H30N2O2/c1-15-7-8-17(3)20(13-15)26-12-6-11-22(4,5)21(25)24-19-14-18(23)10-9-16(19)2/h7-10,13-14H,6,11-12,23H2,1-5H3,(H,24,25). The molecule has 0 unspecified atom stereocenters. The van der Waals surface area contributed by atoms with E-state index in [9.17, 15) is 4.79 Å². The topological polar surface area (TPSA) is 64.3 Å². The van der Waals surface area contributed by atoms with Crippen LogP contribution in [0.2, 0.25) is 0 Å². The predicted molar refractivity (Wildman–Crippen MR) is 109 cm³/mol. The minimum atomic E-state index is -0.484. The van der Waals surface area contributed by atoms with Gasteiger partial charge in [0.2, 0.25) is 5.91 Å². The molecular formula is C22H30N2O2. The summed E-state index contributed by atoms with van der Waals surface area (Å²) in [5.74, 6) is 0.917. The summed E-state index contributed by atoms with van der Waals surface area (Å²) in [7, 11) is 0. The highest BCUT2D eigenvalue weighted by atomic mass is 16.5. The number of aryl methyl sites for hydroxylation is 3. The molecule has 2 aromatic carbocycles. The molecule has 0 spiro atoms. The summed E-state index contributed by atoms with van der Waals surface area (Å²) >= 11 is 0. The Morgan fingerprint density at radius 3 is 2.50 bits per heavy atom. The second-order valence-corrected chi connectivity index (χ2v) is 7.63. The van der Waals surface area contributed by atoms with Crippen molar-refractivity contribution >= 4 is 17.3 Å². The number of amides is 1. The van der Waals surface area contributed by atoms with Gasteiger partial charge >= 0.3 is 0 Å². The van der Waals surface area contributed by atoms with Crippen molar-refractivity contribution in [1.29, 1.82) is 0 Å². The minimum absolute atomic E-state index is 0.00191. The maximum absolute atomic E-state index is 12.7. The Balaban J connectivity index is 1.88. The van der Waals surface area contributed by atoms with Crippen molar-refractivity contribution in [2.24, 2.45) is 5.41 Å². The molecular weight excluding hydrogens is 324 g/mol. The Morgan fingerprint density at radius 1 is 1.08 bits per heavy atom. The lowest BCUT2D eigenvalue weighted by molar-refractivity contribution is -0.124. The molecule has 4 heteroatoms. The minimum Gasteiger partial charge on any atom is -0.493 e. The molecule has 2 aromatic rings. The number of nitrogens with one attached hydrogen (secondary N) is 1. The molecule has 1 amide bonds. The van der Waals surface area contributed by atoms with Gasteiger partial charge in [0, 0.05) is 16.8 Å². The number of rotatable bonds is 7. The Morgan fingerprint density at radius 2 is 1.77 bits per heavy atom. The molecule has 2 rings (SSSR count). The monoisotopic (exact) mass is 354 g/mol. The number of carbonyl (C=O) groups excluding carboxylic acids is 1. The smallest absolute Gasteiger partial charge is 0.230 e. The van der Waals surface area contributed by atoms with Gasteiger partial charge < -0.3 is 15.8 Å². The number of carbonyl (C=O) groups is 1. The molecule has 0 saturated heterocycles. The molecule has 0 fully saturated rings. The summed E-state index contributed by atoms with van der Waals surface area (Å²) in [5.41, 5.74) is 10.1. The highest BCUT2D eigenvalue weighted by Crippen LogP contribution is 2.27. The molecule has 0 aliphatic carbocycles. The van der Waals surface area contributed by atoms with Crippen LogP contribution in [0, 0.1) is 26.2 Å². The van der Waals surface area contributed by atoms with Gasteiger partial charge in [-0.15, -0.1) is 0 Å². The summed E-state index contributed by atoms with van der Waals surface area (Å²) in [6.45, 7) is 10.6. The number of benzene rings is 2. The van der Waals surface area contributed by atoms with Gasteiger partial charge in [0.05, 0.1) is 6.61 Å². The third-order valence-corrected chi connectivity index (χ3v) is 4.67. The predicted octanol–water partition coefficient (Wildman–Crippen LogP) is 5.02. The lowest BCUT2D eigenvalue weighted by Crippen LogP contribution is -2.31. The van der Waals surface area contributed by atoms with Gasteiger partial charge in [-0.1, -0.05) is 32.0 Å². The first-order chi connectivity index (χ1) is 12.2. The van der Waals surface area contributed by atoms with Gasteiger partial charge in [0.1, 0.15) is 5.75 Å². The van der Waals surface area contributed by atoms with Crippen molar-refractivity contribution in [2.75, 3.05) is 17.7 Å². The molecule has 140 valence electrons. The van der Waals surface area contributed by atoms with E-state index >= 15 is 0 Å². The molecule has 0 aliphatic rings. The van der Waals surface area contributed by atoms with Crippen LogP contribution in [0.25, 0.3) is 0 Å². The number of hydrogen-bond donors (Lipinski definition) is 2. The van der Waals surface area contributed by atoms with E-state index in [0.29, 0.717) is 12.3 Å². The normalized spacial score (nSPS) is 11.3. The number of hydrogen-bond acceptors (Lipinski definition) is 3. The van der Waals surface area contributed by atoms with Crippen LogP contribution in [-0.2, 0) is 4.79 Å². The molecule has 0 heterocycles. The highest BCUT2D eigenvalue weighted by Gasteiger charge is 2.27. The number of nitrogen functional groups attached to an aromatic ring is 1. The van der Waals surface area contributed by atoms with E-state index in [0.717, 1.165) is 35.4 Å². The van der Waals surface area contributed by atoms with E-state index in [1.165, 1.54) is 5.56 Å². The van der Waals surface area contributed by atoms with Gasteiger partial charge in [0.15, 0.2) is 0 Å². The fourth-order valence-electron chi connectivity index (χ4n) is 2.74. The van der Waals surface area contributed by atoms with Crippen LogP contribution in [0.3, 0.4) is 0 Å². The van der Waals surface area contributed by atoms with Crippen molar-refractivity contribution in [3.05, 3.63) is 53.1 Å². The molecule has 0 bridgehead atoms. The largest absolute Gasteiger partial charge is 0.493 e. The second kappa shape index (κ2) is 8.26. The van der Waals surface area contributed by atoms with E-state index in [1.807, 2.05) is 39.8 Å². The van der Waals surface area contributed by atoms with Gasteiger partial charge in [-0.25, -0.2) is 0 Å². The Kier molecular flexibility index (Phi) is 6.30. The zero-order valence-electron chi connectivity index (χ0n) is 16.5. The Bertz CT molecular complexity index is 782. The molecule has 0 saturated carbocycles. The number of nitrogens with two attached hydrogens (primary N) is 1. The van der Waals surface area contributed by atoms with Crippen molar-refractivity contribution in [3.63, 3.8) is 0 Å². The number of anilines is 2. The van der Waals surface area contributed by atoms with Crippen LogP contribution in [-0.4, -0.2) is 12.5 Å². The molecule has 0 aromatic heterocycles. The summed E-state index contributed by atoms with van der Waals surface area (Å²) in [5, 5.41) is 3.01. The van der Waals surface area contributed by atoms with E-state index < -0.39 is 5.41 Å². The average molecular weight is 354 g/mol. The lowest BCUT2D eigenvalue weighted by Gasteiger charge is -2.24. The van der Waals surface area contributed by atoms with Crippen LogP contribution in [0.1, 0.15) is 43.4 Å². The molecule has 26 heavy (non-hydrogen) atoms. The zero-order chi connectivity index (χ0) is 19.3. The van der Waals surface area contributed by atoms with Crippen molar-refractivity contribution in [2.45, 2.75) is 47.5 Å². The van der Waals surface area contributed by atoms with Gasteiger partial charge in [-0.3, -0.25) is 4.79 Å². The third-order valence-electron chi connectivity index (χ3n) is 4.67. The first-order valence-corrected chi connectivity index (χ1v) is 9.07. The Hall–Kier alpha value is -2.49. The summed E-state index contributed by atoms with van der Waals surface area (Å²) in [6, 6.07) is 11.7. The van der Waals surface area contributed by atoms with E-state index in [1.54, 1.807) is 6.07 Å². The number of ether oxygens (including phenoxy) is 1. The first kappa shape index (κ1) is 19.8. The maximum Gasteiger partial charge on any atom is 0.230 e. The van der Waals surface area contributed by atoms with E-state index in [-0.39, 0.29) is 5.91 Å². The van der Waals surface area contributed by atoms with Crippen LogP contribution in [0.5, 0.6) is 5.75 Å². The molecule has 3 N–H and O–H groups in total. The van der Waals surface area contributed by atoms with Crippen molar-refractivity contribution in [3.8, 4) is 5.75 Å². The lowest BCUT2D eigenvalue weighted by atomic mass is 9.86. The summed E-state index contributed by atoms with van der Waals surface area (Å²) in [4.78, 5) is 12.7. The Labute approximate surface area is 156 Å². The van der Waals surface area contributed by atoms with Crippen LogP contribution in [0.15, 0.2) is 36.4 Å². The molecule has 0 atom stereocenters. The van der Waals surface area contributed by atoms with Gasteiger partial charge in [-0.2, -0.15) is 0 Å². The average Bonchev–Trinajstić information content (AvgIpc) is 2.58. The van der Waals surface area contributed by atoms with E-state index in [2.05, 4.69) is 30.4 Å². The highest BCUT2D eigenvalue weighted by molar-refractivity contribution is 5.95.